The lowest BCUT2D eigenvalue weighted by Gasteiger charge is -2.44. The molecule has 4 heteroatoms. The SMILES string of the molecule is CCC1(n2c(CCl)nc3cc(OC)ccc32)CCC1. The zero-order chi connectivity index (χ0) is 13.5. The van der Waals surface area contributed by atoms with Gasteiger partial charge in [0, 0.05) is 11.6 Å². The van der Waals surface area contributed by atoms with Gasteiger partial charge in [-0.3, -0.25) is 0 Å². The van der Waals surface area contributed by atoms with E-state index in [1.54, 1.807) is 7.11 Å². The highest BCUT2D eigenvalue weighted by Gasteiger charge is 2.39. The molecule has 2 aromatic rings. The van der Waals surface area contributed by atoms with Crippen molar-refractivity contribution in [2.75, 3.05) is 7.11 Å². The first-order chi connectivity index (χ1) is 9.24. The first-order valence-electron chi connectivity index (χ1n) is 6.86. The molecule has 0 aliphatic heterocycles. The Labute approximate surface area is 118 Å². The summed E-state index contributed by atoms with van der Waals surface area (Å²) >= 11 is 6.11. The molecule has 0 N–H and O–H groups in total. The van der Waals surface area contributed by atoms with Crippen molar-refractivity contribution in [3.8, 4) is 5.75 Å². The van der Waals surface area contributed by atoms with Gasteiger partial charge in [0.05, 0.1) is 24.0 Å². The number of rotatable bonds is 4. The molecule has 0 bridgehead atoms. The summed E-state index contributed by atoms with van der Waals surface area (Å²) in [4.78, 5) is 4.69. The Balaban J connectivity index is 2.21. The molecule has 0 radical (unpaired) electrons. The Kier molecular flexibility index (Phi) is 3.17. The van der Waals surface area contributed by atoms with E-state index in [2.05, 4.69) is 22.5 Å². The lowest BCUT2D eigenvalue weighted by molar-refractivity contribution is 0.138. The second-order valence-electron chi connectivity index (χ2n) is 5.28. The van der Waals surface area contributed by atoms with E-state index in [9.17, 15) is 0 Å². The summed E-state index contributed by atoms with van der Waals surface area (Å²) in [6.07, 6.45) is 4.88. The minimum Gasteiger partial charge on any atom is -0.497 e. The number of hydrogen-bond donors (Lipinski definition) is 0. The topological polar surface area (TPSA) is 27.1 Å². The Morgan fingerprint density at radius 3 is 2.74 bits per heavy atom. The number of imidazole rings is 1. The molecular formula is C15H19ClN2O. The minimum atomic E-state index is 0.230. The van der Waals surface area contributed by atoms with E-state index in [1.165, 1.54) is 24.8 Å². The number of fused-ring (bicyclic) bond motifs is 1. The van der Waals surface area contributed by atoms with Crippen LogP contribution in [-0.4, -0.2) is 16.7 Å². The molecule has 0 atom stereocenters. The van der Waals surface area contributed by atoms with Gasteiger partial charge < -0.3 is 9.30 Å². The summed E-state index contributed by atoms with van der Waals surface area (Å²) in [5, 5.41) is 0. The fraction of sp³-hybridized carbons (Fsp3) is 0.533. The van der Waals surface area contributed by atoms with Gasteiger partial charge in [-0.1, -0.05) is 6.92 Å². The third-order valence-electron chi connectivity index (χ3n) is 4.47. The average Bonchev–Trinajstić information content (AvgIpc) is 2.76. The predicted molar refractivity (Wildman–Crippen MR) is 78.0 cm³/mol. The zero-order valence-corrected chi connectivity index (χ0v) is 12.2. The molecule has 1 aliphatic carbocycles. The standard InChI is InChI=1S/C15H19ClN2O/c1-3-15(7-4-8-15)18-13-6-5-11(19-2)9-12(13)17-14(18)10-16/h5-6,9H,3-4,7-8,10H2,1-2H3. The largest absolute Gasteiger partial charge is 0.497 e. The fourth-order valence-corrected chi connectivity index (χ4v) is 3.36. The Hall–Kier alpha value is -1.22. The van der Waals surface area contributed by atoms with Crippen molar-refractivity contribution in [2.24, 2.45) is 0 Å². The van der Waals surface area contributed by atoms with Crippen LogP contribution in [0.5, 0.6) is 5.75 Å². The van der Waals surface area contributed by atoms with Crippen molar-refractivity contribution >= 4 is 22.6 Å². The van der Waals surface area contributed by atoms with Gasteiger partial charge in [-0.2, -0.15) is 0 Å². The van der Waals surface area contributed by atoms with Gasteiger partial charge in [-0.25, -0.2) is 4.98 Å². The van der Waals surface area contributed by atoms with Gasteiger partial charge in [0.1, 0.15) is 11.6 Å². The Morgan fingerprint density at radius 2 is 2.21 bits per heavy atom. The van der Waals surface area contributed by atoms with Crippen LogP contribution in [0.1, 0.15) is 38.4 Å². The summed E-state index contributed by atoms with van der Waals surface area (Å²) in [7, 11) is 1.68. The van der Waals surface area contributed by atoms with Gasteiger partial charge >= 0.3 is 0 Å². The van der Waals surface area contributed by atoms with Gasteiger partial charge in [0.25, 0.3) is 0 Å². The highest BCUT2D eigenvalue weighted by atomic mass is 35.5. The predicted octanol–water partition coefficient (Wildman–Crippen LogP) is 4.07. The molecule has 1 aromatic carbocycles. The van der Waals surface area contributed by atoms with Crippen LogP contribution in [-0.2, 0) is 11.4 Å². The van der Waals surface area contributed by atoms with E-state index in [1.807, 2.05) is 12.1 Å². The Morgan fingerprint density at radius 1 is 1.42 bits per heavy atom. The fourth-order valence-electron chi connectivity index (χ4n) is 3.18. The molecule has 1 aliphatic rings. The maximum absolute atomic E-state index is 6.11. The van der Waals surface area contributed by atoms with Crippen LogP contribution in [0.2, 0.25) is 0 Å². The van der Waals surface area contributed by atoms with Crippen molar-refractivity contribution in [1.82, 2.24) is 9.55 Å². The van der Waals surface area contributed by atoms with Crippen LogP contribution < -0.4 is 4.74 Å². The lowest BCUT2D eigenvalue weighted by Crippen LogP contribution is -2.40. The maximum atomic E-state index is 6.11. The molecular weight excluding hydrogens is 260 g/mol. The Bertz CT molecular complexity index is 596. The molecule has 3 rings (SSSR count). The molecule has 1 fully saturated rings. The number of alkyl halides is 1. The van der Waals surface area contributed by atoms with Crippen LogP contribution in [0, 0.1) is 0 Å². The first-order valence-corrected chi connectivity index (χ1v) is 7.39. The van der Waals surface area contributed by atoms with E-state index in [-0.39, 0.29) is 5.54 Å². The van der Waals surface area contributed by atoms with Crippen LogP contribution >= 0.6 is 11.6 Å². The molecule has 102 valence electrons. The van der Waals surface area contributed by atoms with Crippen LogP contribution in [0.3, 0.4) is 0 Å². The summed E-state index contributed by atoms with van der Waals surface area (Å²) in [6, 6.07) is 6.09. The van der Waals surface area contributed by atoms with Gasteiger partial charge in [-0.15, -0.1) is 11.6 Å². The summed E-state index contributed by atoms with van der Waals surface area (Å²) in [6.45, 7) is 2.26. The number of halogens is 1. The van der Waals surface area contributed by atoms with Crippen LogP contribution in [0.25, 0.3) is 11.0 Å². The summed E-state index contributed by atoms with van der Waals surface area (Å²) < 4.78 is 7.65. The minimum absolute atomic E-state index is 0.230. The molecule has 19 heavy (non-hydrogen) atoms. The number of aromatic nitrogens is 2. The average molecular weight is 279 g/mol. The van der Waals surface area contributed by atoms with Crippen molar-refractivity contribution < 1.29 is 4.74 Å². The molecule has 1 aromatic heterocycles. The van der Waals surface area contributed by atoms with Crippen molar-refractivity contribution in [1.29, 1.82) is 0 Å². The number of nitrogens with zero attached hydrogens (tertiary/aromatic N) is 2. The maximum Gasteiger partial charge on any atom is 0.125 e. The molecule has 1 saturated carbocycles. The van der Waals surface area contributed by atoms with Crippen LogP contribution in [0.4, 0.5) is 0 Å². The third-order valence-corrected chi connectivity index (χ3v) is 4.71. The van der Waals surface area contributed by atoms with E-state index >= 15 is 0 Å². The second kappa shape index (κ2) is 4.71. The van der Waals surface area contributed by atoms with Crippen LogP contribution in [0.15, 0.2) is 18.2 Å². The molecule has 0 amide bonds. The molecule has 0 spiro atoms. The highest BCUT2D eigenvalue weighted by molar-refractivity contribution is 6.16. The monoisotopic (exact) mass is 278 g/mol. The van der Waals surface area contributed by atoms with Crippen molar-refractivity contribution in [2.45, 2.75) is 44.0 Å². The quantitative estimate of drug-likeness (QED) is 0.788. The first kappa shape index (κ1) is 12.8. The van der Waals surface area contributed by atoms with E-state index in [0.29, 0.717) is 5.88 Å². The van der Waals surface area contributed by atoms with Gasteiger partial charge in [0.2, 0.25) is 0 Å². The highest BCUT2D eigenvalue weighted by Crippen LogP contribution is 2.45. The van der Waals surface area contributed by atoms with Gasteiger partial charge in [0.15, 0.2) is 0 Å². The number of benzene rings is 1. The third kappa shape index (κ3) is 1.83. The molecule has 3 nitrogen and oxygen atoms in total. The second-order valence-corrected chi connectivity index (χ2v) is 5.55. The molecule has 0 saturated heterocycles. The smallest absolute Gasteiger partial charge is 0.125 e. The zero-order valence-electron chi connectivity index (χ0n) is 11.4. The number of methoxy groups -OCH3 is 1. The lowest BCUT2D eigenvalue weighted by atomic mass is 9.74. The van der Waals surface area contributed by atoms with Crippen molar-refractivity contribution in [3.63, 3.8) is 0 Å². The molecule has 0 unspecified atom stereocenters. The number of ether oxygens (including phenoxy) is 1. The summed E-state index contributed by atoms with van der Waals surface area (Å²) in [5.74, 6) is 2.28. The van der Waals surface area contributed by atoms with Crippen molar-refractivity contribution in [3.05, 3.63) is 24.0 Å². The summed E-state index contributed by atoms with van der Waals surface area (Å²) in [5.41, 5.74) is 2.39. The van der Waals surface area contributed by atoms with E-state index < -0.39 is 0 Å². The van der Waals surface area contributed by atoms with Gasteiger partial charge in [-0.05, 0) is 37.8 Å². The van der Waals surface area contributed by atoms with E-state index in [0.717, 1.165) is 23.5 Å². The normalized spacial score (nSPS) is 17.4. The molecule has 1 heterocycles. The van der Waals surface area contributed by atoms with E-state index in [4.69, 9.17) is 16.3 Å². The number of hydrogen-bond acceptors (Lipinski definition) is 2.